The zero-order valence-electron chi connectivity index (χ0n) is 12.0. The van der Waals surface area contributed by atoms with Gasteiger partial charge in [-0.15, -0.1) is 0 Å². The predicted octanol–water partition coefficient (Wildman–Crippen LogP) is 3.55. The first-order valence-corrected chi connectivity index (χ1v) is 7.30. The zero-order valence-corrected chi connectivity index (χ0v) is 12.7. The van der Waals surface area contributed by atoms with Gasteiger partial charge in [-0.25, -0.2) is 0 Å². The summed E-state index contributed by atoms with van der Waals surface area (Å²) in [6.07, 6.45) is 1.37. The van der Waals surface area contributed by atoms with Crippen LogP contribution >= 0.6 is 11.6 Å². The molecular formula is C17H19ClN2O. The van der Waals surface area contributed by atoms with Gasteiger partial charge in [-0.2, -0.15) is 0 Å². The molecule has 0 aromatic heterocycles. The Hall–Kier alpha value is -1.84. The van der Waals surface area contributed by atoms with E-state index in [0.717, 1.165) is 12.0 Å². The molecule has 0 saturated heterocycles. The molecule has 0 bridgehead atoms. The van der Waals surface area contributed by atoms with Crippen LogP contribution in [0.3, 0.4) is 0 Å². The van der Waals surface area contributed by atoms with E-state index in [1.807, 2.05) is 49.4 Å². The van der Waals surface area contributed by atoms with E-state index in [9.17, 15) is 4.79 Å². The van der Waals surface area contributed by atoms with Crippen molar-refractivity contribution in [3.8, 4) is 0 Å². The quantitative estimate of drug-likeness (QED) is 0.887. The van der Waals surface area contributed by atoms with Crippen molar-refractivity contribution in [3.63, 3.8) is 0 Å². The number of benzene rings is 2. The number of anilines is 1. The number of aryl methyl sites for hydroxylation is 2. The standard InChI is InChI=1S/C17H19ClN2O/c1-12-7-10-16(14(18)11-12)20-17(21)15(19)9-8-13-5-3-2-4-6-13/h2-7,10-11,15H,8-9,19H2,1H3,(H,20,21). The normalized spacial score (nSPS) is 12.0. The fourth-order valence-corrected chi connectivity index (χ4v) is 2.33. The van der Waals surface area contributed by atoms with Crippen LogP contribution in [-0.2, 0) is 11.2 Å². The molecule has 0 spiro atoms. The summed E-state index contributed by atoms with van der Waals surface area (Å²) in [4.78, 5) is 12.1. The maximum atomic E-state index is 12.1. The summed E-state index contributed by atoms with van der Waals surface area (Å²) in [6, 6.07) is 14.9. The van der Waals surface area contributed by atoms with Crippen molar-refractivity contribution >= 4 is 23.2 Å². The van der Waals surface area contributed by atoms with Crippen LogP contribution in [0.25, 0.3) is 0 Å². The van der Waals surface area contributed by atoms with Gasteiger partial charge in [-0.3, -0.25) is 4.79 Å². The molecule has 1 unspecified atom stereocenters. The topological polar surface area (TPSA) is 55.1 Å². The Kier molecular flexibility index (Phi) is 5.37. The van der Waals surface area contributed by atoms with E-state index in [2.05, 4.69) is 5.32 Å². The van der Waals surface area contributed by atoms with Crippen molar-refractivity contribution in [3.05, 3.63) is 64.7 Å². The summed E-state index contributed by atoms with van der Waals surface area (Å²) in [7, 11) is 0. The predicted molar refractivity (Wildman–Crippen MR) is 87.6 cm³/mol. The SMILES string of the molecule is Cc1ccc(NC(=O)C(N)CCc2ccccc2)c(Cl)c1. The fraction of sp³-hybridized carbons (Fsp3) is 0.235. The number of rotatable bonds is 5. The minimum atomic E-state index is -0.553. The lowest BCUT2D eigenvalue weighted by Gasteiger charge is -2.13. The third kappa shape index (κ3) is 4.59. The Bertz CT molecular complexity index is 613. The second kappa shape index (κ2) is 7.25. The van der Waals surface area contributed by atoms with Gasteiger partial charge in [0.2, 0.25) is 5.91 Å². The van der Waals surface area contributed by atoms with E-state index in [1.165, 1.54) is 5.56 Å². The molecule has 1 atom stereocenters. The number of nitrogens with one attached hydrogen (secondary N) is 1. The Balaban J connectivity index is 1.90. The van der Waals surface area contributed by atoms with E-state index < -0.39 is 6.04 Å². The van der Waals surface area contributed by atoms with Crippen LogP contribution in [0.1, 0.15) is 17.5 Å². The summed E-state index contributed by atoms with van der Waals surface area (Å²) >= 11 is 6.10. The molecule has 110 valence electrons. The van der Waals surface area contributed by atoms with Gasteiger partial charge < -0.3 is 11.1 Å². The molecule has 4 heteroatoms. The molecule has 2 aromatic rings. The van der Waals surface area contributed by atoms with Crippen molar-refractivity contribution in [2.24, 2.45) is 5.73 Å². The molecule has 2 rings (SSSR count). The molecule has 1 amide bonds. The highest BCUT2D eigenvalue weighted by molar-refractivity contribution is 6.33. The van der Waals surface area contributed by atoms with Gasteiger partial charge >= 0.3 is 0 Å². The molecular weight excluding hydrogens is 284 g/mol. The van der Waals surface area contributed by atoms with E-state index in [0.29, 0.717) is 17.1 Å². The van der Waals surface area contributed by atoms with E-state index in [4.69, 9.17) is 17.3 Å². The first-order chi connectivity index (χ1) is 10.1. The summed E-state index contributed by atoms with van der Waals surface area (Å²) in [5, 5.41) is 3.30. The van der Waals surface area contributed by atoms with Gasteiger partial charge in [0.1, 0.15) is 0 Å². The Morgan fingerprint density at radius 2 is 1.95 bits per heavy atom. The highest BCUT2D eigenvalue weighted by atomic mass is 35.5. The summed E-state index contributed by atoms with van der Waals surface area (Å²) in [5.41, 5.74) is 8.76. The zero-order chi connectivity index (χ0) is 15.2. The lowest BCUT2D eigenvalue weighted by Crippen LogP contribution is -2.36. The minimum absolute atomic E-state index is 0.211. The maximum Gasteiger partial charge on any atom is 0.241 e. The molecule has 0 aliphatic heterocycles. The Morgan fingerprint density at radius 1 is 1.24 bits per heavy atom. The van der Waals surface area contributed by atoms with Gasteiger partial charge in [0.15, 0.2) is 0 Å². The van der Waals surface area contributed by atoms with Crippen LogP contribution in [-0.4, -0.2) is 11.9 Å². The summed E-state index contributed by atoms with van der Waals surface area (Å²) < 4.78 is 0. The Labute approximate surface area is 130 Å². The average Bonchev–Trinajstić information content (AvgIpc) is 2.48. The fourth-order valence-electron chi connectivity index (χ4n) is 2.04. The van der Waals surface area contributed by atoms with Crippen molar-refractivity contribution in [2.45, 2.75) is 25.8 Å². The second-order valence-corrected chi connectivity index (χ2v) is 5.51. The third-order valence-electron chi connectivity index (χ3n) is 3.31. The molecule has 3 nitrogen and oxygen atoms in total. The van der Waals surface area contributed by atoms with Gasteiger partial charge in [-0.1, -0.05) is 48.0 Å². The second-order valence-electron chi connectivity index (χ2n) is 5.10. The lowest BCUT2D eigenvalue weighted by atomic mass is 10.1. The first-order valence-electron chi connectivity index (χ1n) is 6.93. The largest absolute Gasteiger partial charge is 0.323 e. The smallest absolute Gasteiger partial charge is 0.241 e. The van der Waals surface area contributed by atoms with E-state index in [1.54, 1.807) is 6.07 Å². The number of carbonyl (C=O) groups excluding carboxylic acids is 1. The van der Waals surface area contributed by atoms with Crippen LogP contribution in [0.15, 0.2) is 48.5 Å². The minimum Gasteiger partial charge on any atom is -0.323 e. The maximum absolute atomic E-state index is 12.1. The Morgan fingerprint density at radius 3 is 2.62 bits per heavy atom. The van der Waals surface area contributed by atoms with Crippen molar-refractivity contribution in [2.75, 3.05) is 5.32 Å². The average molecular weight is 303 g/mol. The van der Waals surface area contributed by atoms with Crippen LogP contribution in [0.4, 0.5) is 5.69 Å². The van der Waals surface area contributed by atoms with E-state index in [-0.39, 0.29) is 5.91 Å². The molecule has 0 heterocycles. The van der Waals surface area contributed by atoms with Crippen molar-refractivity contribution < 1.29 is 4.79 Å². The number of hydrogen-bond donors (Lipinski definition) is 2. The van der Waals surface area contributed by atoms with Crippen LogP contribution < -0.4 is 11.1 Å². The number of amides is 1. The van der Waals surface area contributed by atoms with Crippen molar-refractivity contribution in [1.82, 2.24) is 0 Å². The van der Waals surface area contributed by atoms with Gasteiger partial charge in [0, 0.05) is 0 Å². The number of nitrogens with two attached hydrogens (primary N) is 1. The van der Waals surface area contributed by atoms with Crippen LogP contribution in [0, 0.1) is 6.92 Å². The highest BCUT2D eigenvalue weighted by Gasteiger charge is 2.14. The summed E-state index contributed by atoms with van der Waals surface area (Å²) in [6.45, 7) is 1.95. The van der Waals surface area contributed by atoms with Crippen molar-refractivity contribution in [1.29, 1.82) is 0 Å². The third-order valence-corrected chi connectivity index (χ3v) is 3.62. The number of hydrogen-bond acceptors (Lipinski definition) is 2. The molecule has 0 aliphatic rings. The first kappa shape index (κ1) is 15.5. The summed E-state index contributed by atoms with van der Waals surface area (Å²) in [5.74, 6) is -0.211. The molecule has 21 heavy (non-hydrogen) atoms. The number of halogens is 1. The highest BCUT2D eigenvalue weighted by Crippen LogP contribution is 2.22. The monoisotopic (exact) mass is 302 g/mol. The number of carbonyl (C=O) groups is 1. The molecule has 0 fully saturated rings. The van der Waals surface area contributed by atoms with Crippen LogP contribution in [0.5, 0.6) is 0 Å². The van der Waals surface area contributed by atoms with Crippen LogP contribution in [0.2, 0.25) is 5.02 Å². The van der Waals surface area contributed by atoms with Gasteiger partial charge in [-0.05, 0) is 43.0 Å². The molecule has 2 aromatic carbocycles. The molecule has 0 radical (unpaired) electrons. The molecule has 0 saturated carbocycles. The van der Waals surface area contributed by atoms with Gasteiger partial charge in [0.25, 0.3) is 0 Å². The molecule has 0 aliphatic carbocycles. The lowest BCUT2D eigenvalue weighted by molar-refractivity contribution is -0.117. The van der Waals surface area contributed by atoms with E-state index >= 15 is 0 Å². The molecule has 3 N–H and O–H groups in total. The van der Waals surface area contributed by atoms with Gasteiger partial charge in [0.05, 0.1) is 16.8 Å².